The summed E-state index contributed by atoms with van der Waals surface area (Å²) in [6.07, 6.45) is 2.82. The fraction of sp³-hybridized carbons (Fsp3) is 0.318. The van der Waals surface area contributed by atoms with Crippen molar-refractivity contribution in [2.24, 2.45) is 5.92 Å². The highest BCUT2D eigenvalue weighted by Crippen LogP contribution is 2.38. The van der Waals surface area contributed by atoms with E-state index < -0.39 is 0 Å². The summed E-state index contributed by atoms with van der Waals surface area (Å²) in [5.41, 5.74) is 5.59. The molecule has 1 saturated heterocycles. The van der Waals surface area contributed by atoms with Crippen LogP contribution < -0.4 is 10.5 Å². The van der Waals surface area contributed by atoms with E-state index in [0.29, 0.717) is 11.8 Å². The van der Waals surface area contributed by atoms with Crippen molar-refractivity contribution in [3.05, 3.63) is 64.3 Å². The van der Waals surface area contributed by atoms with Gasteiger partial charge in [0.25, 0.3) is 5.56 Å². The van der Waals surface area contributed by atoms with Crippen LogP contribution in [0, 0.1) is 12.8 Å². The molecule has 3 aromatic heterocycles. The van der Waals surface area contributed by atoms with Crippen molar-refractivity contribution in [2.45, 2.75) is 25.8 Å². The quantitative estimate of drug-likeness (QED) is 0.558. The first-order chi connectivity index (χ1) is 13.7. The Hall–Kier alpha value is -3.15. The second kappa shape index (κ2) is 5.67. The van der Waals surface area contributed by atoms with E-state index in [2.05, 4.69) is 51.0 Å². The number of piperidine rings is 1. The number of nitrogens with zero attached hydrogens (tertiary/aromatic N) is 4. The Morgan fingerprint density at radius 3 is 2.96 bits per heavy atom. The molecule has 140 valence electrons. The number of aromatic amines is 1. The Kier molecular flexibility index (Phi) is 3.21. The highest BCUT2D eigenvalue weighted by Gasteiger charge is 2.35. The number of hydrogen-bond donors (Lipinski definition) is 1. The van der Waals surface area contributed by atoms with Crippen LogP contribution in [0.25, 0.3) is 21.9 Å². The van der Waals surface area contributed by atoms with E-state index in [1.54, 1.807) is 12.4 Å². The molecule has 1 fully saturated rings. The summed E-state index contributed by atoms with van der Waals surface area (Å²) in [4.78, 5) is 27.4. The molecule has 0 amide bonds. The minimum Gasteiger partial charge on any atom is -0.354 e. The van der Waals surface area contributed by atoms with Crippen LogP contribution in [0.1, 0.15) is 23.6 Å². The highest BCUT2D eigenvalue weighted by atomic mass is 16.1. The number of anilines is 1. The first-order valence-corrected chi connectivity index (χ1v) is 9.85. The molecule has 0 saturated carbocycles. The predicted octanol–water partition coefficient (Wildman–Crippen LogP) is 3.20. The molecule has 2 bridgehead atoms. The van der Waals surface area contributed by atoms with Gasteiger partial charge in [-0.05, 0) is 37.5 Å². The number of rotatable bonds is 1. The fourth-order valence-corrected chi connectivity index (χ4v) is 5.10. The molecule has 5 heterocycles. The molecule has 2 aliphatic heterocycles. The number of pyridine rings is 1. The van der Waals surface area contributed by atoms with Gasteiger partial charge >= 0.3 is 0 Å². The van der Waals surface area contributed by atoms with Crippen LogP contribution in [0.2, 0.25) is 0 Å². The molecule has 0 spiro atoms. The molecule has 1 N–H and O–H groups in total. The van der Waals surface area contributed by atoms with Crippen molar-refractivity contribution in [2.75, 3.05) is 18.0 Å². The van der Waals surface area contributed by atoms with E-state index in [-0.39, 0.29) is 5.56 Å². The summed E-state index contributed by atoms with van der Waals surface area (Å²) in [7, 11) is 0. The first-order valence-electron chi connectivity index (χ1n) is 9.85. The fourth-order valence-electron chi connectivity index (χ4n) is 5.10. The zero-order chi connectivity index (χ0) is 18.8. The second-order valence-electron chi connectivity index (χ2n) is 8.20. The summed E-state index contributed by atoms with van der Waals surface area (Å²) in [6, 6.07) is 12.1. The van der Waals surface area contributed by atoms with Crippen molar-refractivity contribution in [3.63, 3.8) is 0 Å². The molecule has 2 atom stereocenters. The Bertz CT molecular complexity index is 1290. The third kappa shape index (κ3) is 2.24. The zero-order valence-corrected chi connectivity index (χ0v) is 15.7. The molecule has 6 nitrogen and oxygen atoms in total. The third-order valence-electron chi connectivity index (χ3n) is 6.30. The molecule has 6 rings (SSSR count). The van der Waals surface area contributed by atoms with Gasteiger partial charge in [0.1, 0.15) is 17.4 Å². The average Bonchev–Trinajstić information content (AvgIpc) is 3.07. The zero-order valence-electron chi connectivity index (χ0n) is 15.7. The molecule has 2 aliphatic rings. The van der Waals surface area contributed by atoms with E-state index in [1.165, 1.54) is 5.56 Å². The van der Waals surface area contributed by atoms with Crippen molar-refractivity contribution >= 4 is 27.8 Å². The minimum absolute atomic E-state index is 0.121. The van der Waals surface area contributed by atoms with Crippen LogP contribution in [0.3, 0.4) is 0 Å². The van der Waals surface area contributed by atoms with Crippen LogP contribution in [-0.2, 0) is 6.54 Å². The van der Waals surface area contributed by atoms with Gasteiger partial charge in [-0.2, -0.15) is 0 Å². The van der Waals surface area contributed by atoms with Crippen molar-refractivity contribution in [1.29, 1.82) is 0 Å². The van der Waals surface area contributed by atoms with E-state index in [0.717, 1.165) is 59.5 Å². The standard InChI is InChI=1S/C22H21N5O/c1-13-5-6-17-16(7-13)20-21(25-17)22(24-12-23-20)26-9-14-8-15(11-26)18-3-2-4-19(28)27(18)10-14/h2-7,12,14-15,25H,8-11H2,1H3. The largest absolute Gasteiger partial charge is 0.354 e. The SMILES string of the molecule is Cc1ccc2[nH]c3c(N4CC5CC(C4)c4cccc(=O)n4C5)ncnc3c2c1. The molecule has 1 aromatic carbocycles. The molecular weight excluding hydrogens is 350 g/mol. The van der Waals surface area contributed by atoms with Crippen LogP contribution in [0.4, 0.5) is 5.82 Å². The van der Waals surface area contributed by atoms with Gasteiger partial charge in [-0.15, -0.1) is 0 Å². The lowest BCUT2D eigenvalue weighted by atomic mass is 9.83. The Balaban J connectivity index is 1.47. The number of nitrogens with one attached hydrogen (secondary N) is 1. The summed E-state index contributed by atoms with van der Waals surface area (Å²) in [6.45, 7) is 4.69. The third-order valence-corrected chi connectivity index (χ3v) is 6.30. The maximum atomic E-state index is 12.3. The number of benzene rings is 1. The smallest absolute Gasteiger partial charge is 0.250 e. The lowest BCUT2D eigenvalue weighted by molar-refractivity contribution is 0.281. The van der Waals surface area contributed by atoms with E-state index in [1.807, 2.05) is 10.6 Å². The molecule has 2 unspecified atom stereocenters. The Morgan fingerprint density at radius 1 is 1.11 bits per heavy atom. The Labute approximate surface area is 161 Å². The maximum Gasteiger partial charge on any atom is 0.250 e. The molecule has 0 radical (unpaired) electrons. The van der Waals surface area contributed by atoms with Crippen molar-refractivity contribution in [1.82, 2.24) is 19.5 Å². The van der Waals surface area contributed by atoms with Gasteiger partial charge in [-0.3, -0.25) is 4.79 Å². The van der Waals surface area contributed by atoms with Gasteiger partial charge in [0.2, 0.25) is 0 Å². The van der Waals surface area contributed by atoms with Crippen LogP contribution in [0.5, 0.6) is 0 Å². The number of fused-ring (bicyclic) bond motifs is 7. The molecule has 0 aliphatic carbocycles. The summed E-state index contributed by atoms with van der Waals surface area (Å²) < 4.78 is 1.97. The maximum absolute atomic E-state index is 12.3. The highest BCUT2D eigenvalue weighted by molar-refractivity contribution is 6.08. The second-order valence-corrected chi connectivity index (χ2v) is 8.20. The van der Waals surface area contributed by atoms with Gasteiger partial charge in [0.05, 0.1) is 0 Å². The van der Waals surface area contributed by atoms with Crippen molar-refractivity contribution < 1.29 is 0 Å². The minimum atomic E-state index is 0.121. The van der Waals surface area contributed by atoms with E-state index >= 15 is 0 Å². The monoisotopic (exact) mass is 371 g/mol. The normalized spacial score (nSPS) is 21.2. The average molecular weight is 371 g/mol. The van der Waals surface area contributed by atoms with Crippen LogP contribution in [-0.4, -0.2) is 32.6 Å². The lowest BCUT2D eigenvalue weighted by Gasteiger charge is -2.43. The topological polar surface area (TPSA) is 66.8 Å². The van der Waals surface area contributed by atoms with Crippen molar-refractivity contribution in [3.8, 4) is 0 Å². The van der Waals surface area contributed by atoms with Gasteiger partial charge < -0.3 is 14.5 Å². The number of H-pyrrole nitrogens is 1. The van der Waals surface area contributed by atoms with Gasteiger partial charge in [0.15, 0.2) is 5.82 Å². The molecule has 4 aromatic rings. The van der Waals surface area contributed by atoms with E-state index in [4.69, 9.17) is 0 Å². The van der Waals surface area contributed by atoms with E-state index in [9.17, 15) is 4.79 Å². The van der Waals surface area contributed by atoms with Gasteiger partial charge in [0, 0.05) is 48.2 Å². The number of aryl methyl sites for hydroxylation is 1. The number of hydrogen-bond acceptors (Lipinski definition) is 4. The lowest BCUT2D eigenvalue weighted by Crippen LogP contribution is -2.47. The van der Waals surface area contributed by atoms with Gasteiger partial charge in [-0.25, -0.2) is 9.97 Å². The number of aromatic nitrogens is 4. The van der Waals surface area contributed by atoms with Gasteiger partial charge in [-0.1, -0.05) is 17.7 Å². The predicted molar refractivity (Wildman–Crippen MR) is 110 cm³/mol. The molecule has 28 heavy (non-hydrogen) atoms. The Morgan fingerprint density at radius 2 is 2.04 bits per heavy atom. The summed E-state index contributed by atoms with van der Waals surface area (Å²) >= 11 is 0. The molecular formula is C22H21N5O. The molecule has 6 heteroatoms. The first kappa shape index (κ1) is 15.9. The van der Waals surface area contributed by atoms with Crippen LogP contribution in [0.15, 0.2) is 47.5 Å². The summed E-state index contributed by atoms with van der Waals surface area (Å²) in [5.74, 6) is 1.79. The summed E-state index contributed by atoms with van der Waals surface area (Å²) in [5, 5.41) is 1.15. The van der Waals surface area contributed by atoms with Crippen LogP contribution >= 0.6 is 0 Å².